The Morgan fingerprint density at radius 3 is 2.64 bits per heavy atom. The molecule has 0 radical (unpaired) electrons. The van der Waals surface area contributed by atoms with Gasteiger partial charge in [0.05, 0.1) is 5.56 Å². The van der Waals surface area contributed by atoms with Gasteiger partial charge in [0.25, 0.3) is 3.90 Å². The first kappa shape index (κ1) is 10.3. The lowest BCUT2D eigenvalue weighted by atomic mass is 10.1. The van der Waals surface area contributed by atoms with Crippen molar-refractivity contribution in [2.75, 3.05) is 0 Å². The first-order valence-electron chi connectivity index (χ1n) is 3.93. The molecule has 1 aromatic heterocycles. The molecule has 0 amide bonds. The topological polar surface area (TPSA) is 38.9 Å². The van der Waals surface area contributed by atoms with Gasteiger partial charge in [0.15, 0.2) is 0 Å². The lowest BCUT2D eigenvalue weighted by Crippen LogP contribution is -1.86. The molecule has 14 heavy (non-hydrogen) atoms. The van der Waals surface area contributed by atoms with Crippen molar-refractivity contribution in [1.82, 2.24) is 10.2 Å². The highest BCUT2D eigenvalue weighted by molar-refractivity contribution is 14.1. The summed E-state index contributed by atoms with van der Waals surface area (Å²) in [6, 6.07) is 6.04. The van der Waals surface area contributed by atoms with Crippen LogP contribution in [0.2, 0.25) is 0 Å². The van der Waals surface area contributed by atoms with E-state index in [-0.39, 0.29) is 0 Å². The molecule has 0 aliphatic carbocycles. The summed E-state index contributed by atoms with van der Waals surface area (Å²) in [7, 11) is 0. The van der Waals surface area contributed by atoms with Crippen LogP contribution in [0.25, 0.3) is 11.5 Å². The van der Waals surface area contributed by atoms with Gasteiger partial charge in [0.2, 0.25) is 5.89 Å². The molecule has 2 rings (SSSR count). The maximum atomic E-state index is 5.37. The Balaban J connectivity index is 2.57. The van der Waals surface area contributed by atoms with E-state index in [2.05, 4.69) is 45.8 Å². The highest BCUT2D eigenvalue weighted by atomic mass is 127. The fourth-order valence-electron chi connectivity index (χ4n) is 1.13. The zero-order valence-electron chi connectivity index (χ0n) is 7.29. The van der Waals surface area contributed by atoms with Crippen molar-refractivity contribution in [2.24, 2.45) is 0 Å². The highest BCUT2D eigenvalue weighted by Crippen LogP contribution is 2.26. The average Bonchev–Trinajstić information content (AvgIpc) is 2.57. The molecule has 0 saturated carbocycles. The molecule has 3 nitrogen and oxygen atoms in total. The van der Waals surface area contributed by atoms with E-state index in [0.29, 0.717) is 9.79 Å². The van der Waals surface area contributed by atoms with Crippen molar-refractivity contribution in [1.29, 1.82) is 0 Å². The van der Waals surface area contributed by atoms with Crippen LogP contribution >= 0.6 is 45.2 Å². The van der Waals surface area contributed by atoms with Crippen molar-refractivity contribution in [3.8, 4) is 11.5 Å². The second-order valence-electron chi connectivity index (χ2n) is 2.80. The summed E-state index contributed by atoms with van der Waals surface area (Å²) in [6.45, 7) is 2.06. The maximum Gasteiger partial charge on any atom is 0.278 e. The normalized spacial score (nSPS) is 10.5. The summed E-state index contributed by atoms with van der Waals surface area (Å²) < 4.78 is 7.09. The van der Waals surface area contributed by atoms with Gasteiger partial charge in [-0.05, 0) is 41.1 Å². The Morgan fingerprint density at radius 2 is 2.00 bits per heavy atom. The molecule has 0 aliphatic rings. The molecule has 1 heterocycles. The maximum absolute atomic E-state index is 5.37. The van der Waals surface area contributed by atoms with E-state index in [0.717, 1.165) is 9.13 Å². The summed E-state index contributed by atoms with van der Waals surface area (Å²) in [5.41, 5.74) is 2.22. The van der Waals surface area contributed by atoms with Gasteiger partial charge in [-0.15, -0.1) is 10.2 Å². The van der Waals surface area contributed by atoms with E-state index in [9.17, 15) is 0 Å². The zero-order valence-corrected chi connectivity index (χ0v) is 11.6. The molecular weight excluding hydrogens is 406 g/mol. The van der Waals surface area contributed by atoms with Gasteiger partial charge in [-0.2, -0.15) is 0 Å². The summed E-state index contributed by atoms with van der Waals surface area (Å²) in [5, 5.41) is 7.79. The molecule has 0 fully saturated rings. The summed E-state index contributed by atoms with van der Waals surface area (Å²) in [6.07, 6.45) is 0. The van der Waals surface area contributed by atoms with Crippen LogP contribution in [-0.2, 0) is 0 Å². The lowest BCUT2D eigenvalue weighted by molar-refractivity contribution is 0.536. The Morgan fingerprint density at radius 1 is 1.21 bits per heavy atom. The molecule has 1 aromatic carbocycles. The SMILES string of the molecule is Cc1cccc(-c2nnc(I)o2)c1I. The molecule has 0 N–H and O–H groups in total. The standard InChI is InChI=1S/C9H6I2N2O/c1-5-3-2-4-6(7(5)10)8-12-13-9(11)14-8/h2-4H,1H3. The molecule has 2 aromatic rings. The largest absolute Gasteiger partial charge is 0.412 e. The monoisotopic (exact) mass is 412 g/mol. The van der Waals surface area contributed by atoms with Crippen LogP contribution < -0.4 is 0 Å². The third kappa shape index (κ3) is 1.92. The van der Waals surface area contributed by atoms with Gasteiger partial charge in [0, 0.05) is 26.2 Å². The van der Waals surface area contributed by atoms with E-state index in [1.165, 1.54) is 5.56 Å². The Labute approximate surface area is 109 Å². The van der Waals surface area contributed by atoms with Crippen molar-refractivity contribution < 1.29 is 4.42 Å². The van der Waals surface area contributed by atoms with E-state index < -0.39 is 0 Å². The van der Waals surface area contributed by atoms with Crippen LogP contribution in [0.5, 0.6) is 0 Å². The van der Waals surface area contributed by atoms with Gasteiger partial charge in [-0.1, -0.05) is 12.1 Å². The zero-order chi connectivity index (χ0) is 10.1. The van der Waals surface area contributed by atoms with Crippen molar-refractivity contribution >= 4 is 45.2 Å². The van der Waals surface area contributed by atoms with Crippen LogP contribution in [-0.4, -0.2) is 10.2 Å². The van der Waals surface area contributed by atoms with E-state index in [4.69, 9.17) is 4.42 Å². The molecular formula is C9H6I2N2O. The minimum Gasteiger partial charge on any atom is -0.412 e. The number of benzene rings is 1. The molecule has 0 aliphatic heterocycles. The fourth-order valence-corrected chi connectivity index (χ4v) is 2.03. The summed E-state index contributed by atoms with van der Waals surface area (Å²) in [4.78, 5) is 0. The number of nitrogens with zero attached hydrogens (tertiary/aromatic N) is 2. The molecule has 0 atom stereocenters. The van der Waals surface area contributed by atoms with Crippen molar-refractivity contribution in [3.63, 3.8) is 0 Å². The molecule has 0 spiro atoms. The van der Waals surface area contributed by atoms with Gasteiger partial charge in [-0.3, -0.25) is 0 Å². The van der Waals surface area contributed by atoms with Crippen LogP contribution in [0.3, 0.4) is 0 Å². The fraction of sp³-hybridized carbons (Fsp3) is 0.111. The van der Waals surface area contributed by atoms with Crippen LogP contribution in [0.4, 0.5) is 0 Å². The van der Waals surface area contributed by atoms with Crippen molar-refractivity contribution in [3.05, 3.63) is 31.2 Å². The average molecular weight is 412 g/mol. The number of halogens is 2. The van der Waals surface area contributed by atoms with Gasteiger partial charge in [0.1, 0.15) is 0 Å². The minimum atomic E-state index is 0.565. The molecule has 5 heteroatoms. The molecule has 0 unspecified atom stereocenters. The van der Waals surface area contributed by atoms with E-state index in [1.807, 2.05) is 34.7 Å². The Kier molecular flexibility index (Phi) is 3.05. The van der Waals surface area contributed by atoms with E-state index >= 15 is 0 Å². The predicted octanol–water partition coefficient (Wildman–Crippen LogP) is 3.25. The van der Waals surface area contributed by atoms with Gasteiger partial charge < -0.3 is 4.42 Å². The second kappa shape index (κ2) is 4.13. The number of aromatic nitrogens is 2. The Hall–Kier alpha value is -0.180. The number of hydrogen-bond acceptors (Lipinski definition) is 3. The number of hydrogen-bond donors (Lipinski definition) is 0. The predicted molar refractivity (Wildman–Crippen MR) is 69.9 cm³/mol. The summed E-state index contributed by atoms with van der Waals surface area (Å²) in [5.74, 6) is 0.586. The van der Waals surface area contributed by atoms with Gasteiger partial charge >= 0.3 is 0 Å². The van der Waals surface area contributed by atoms with E-state index in [1.54, 1.807) is 0 Å². The number of rotatable bonds is 1. The quantitative estimate of drug-likeness (QED) is 0.676. The van der Waals surface area contributed by atoms with Crippen molar-refractivity contribution in [2.45, 2.75) is 6.92 Å². The third-order valence-corrected chi connectivity index (χ3v) is 3.69. The Bertz CT molecular complexity index is 468. The molecule has 0 saturated heterocycles. The minimum absolute atomic E-state index is 0.565. The first-order valence-corrected chi connectivity index (χ1v) is 6.08. The van der Waals surface area contributed by atoms with Crippen LogP contribution in [0.1, 0.15) is 5.56 Å². The first-order chi connectivity index (χ1) is 6.68. The number of aryl methyl sites for hydroxylation is 1. The molecule has 72 valence electrons. The van der Waals surface area contributed by atoms with Crippen LogP contribution in [0.15, 0.2) is 22.6 Å². The third-order valence-electron chi connectivity index (χ3n) is 1.82. The lowest BCUT2D eigenvalue weighted by Gasteiger charge is -2.01. The summed E-state index contributed by atoms with van der Waals surface area (Å²) >= 11 is 4.29. The molecule has 0 bridgehead atoms. The smallest absolute Gasteiger partial charge is 0.278 e. The second-order valence-corrected chi connectivity index (χ2v) is 4.80. The van der Waals surface area contributed by atoms with Crippen LogP contribution in [0, 0.1) is 14.4 Å². The van der Waals surface area contributed by atoms with Gasteiger partial charge in [-0.25, -0.2) is 0 Å². The highest BCUT2D eigenvalue weighted by Gasteiger charge is 2.10.